The van der Waals surface area contributed by atoms with Gasteiger partial charge in [0.15, 0.2) is 0 Å². The van der Waals surface area contributed by atoms with Crippen LogP contribution in [0.4, 0.5) is 13.2 Å². The number of piperazine rings is 1. The molecule has 0 amide bonds. The fraction of sp³-hybridized carbons (Fsp3) is 0.600. The number of aliphatic hydroxyl groups excluding tert-OH is 1. The third-order valence-electron chi connectivity index (χ3n) is 3.84. The van der Waals surface area contributed by atoms with E-state index in [-0.39, 0.29) is 0 Å². The molecule has 0 radical (unpaired) electrons. The molecule has 2 rings (SSSR count). The Hall–Kier alpha value is -0.820. The van der Waals surface area contributed by atoms with E-state index in [1.165, 1.54) is 12.1 Å². The summed E-state index contributed by atoms with van der Waals surface area (Å²) in [6.45, 7) is 5.30. The van der Waals surface area contributed by atoms with E-state index in [0.29, 0.717) is 6.54 Å². The second kappa shape index (κ2) is 7.17. The van der Waals surface area contributed by atoms with Crippen molar-refractivity contribution in [2.75, 3.05) is 26.2 Å². The van der Waals surface area contributed by atoms with Crippen molar-refractivity contribution in [3.63, 3.8) is 0 Å². The molecule has 124 valence electrons. The lowest BCUT2D eigenvalue weighted by Gasteiger charge is -2.37. The first-order chi connectivity index (χ1) is 10.3. The molecule has 1 heterocycles. The van der Waals surface area contributed by atoms with E-state index in [4.69, 9.17) is 11.6 Å². The summed E-state index contributed by atoms with van der Waals surface area (Å²) in [5.41, 5.74) is -0.157. The van der Waals surface area contributed by atoms with Gasteiger partial charge in [-0.2, -0.15) is 13.2 Å². The molecule has 0 bridgehead atoms. The zero-order valence-electron chi connectivity index (χ0n) is 12.4. The monoisotopic (exact) mass is 336 g/mol. The van der Waals surface area contributed by atoms with Gasteiger partial charge in [0, 0.05) is 32.7 Å². The minimum atomic E-state index is -4.29. The van der Waals surface area contributed by atoms with E-state index in [2.05, 4.69) is 4.90 Å². The molecule has 0 aromatic heterocycles. The fourth-order valence-electron chi connectivity index (χ4n) is 2.53. The minimum Gasteiger partial charge on any atom is -0.390 e. The van der Waals surface area contributed by atoms with Crippen molar-refractivity contribution in [1.29, 1.82) is 0 Å². The van der Waals surface area contributed by atoms with E-state index in [1.807, 2.05) is 4.90 Å². The van der Waals surface area contributed by atoms with Gasteiger partial charge in [-0.15, -0.1) is 11.6 Å². The van der Waals surface area contributed by atoms with Gasteiger partial charge in [-0.25, -0.2) is 0 Å². The number of nitrogens with zero attached hydrogens (tertiary/aromatic N) is 2. The lowest BCUT2D eigenvalue weighted by atomic mass is 10.1. The summed E-state index contributed by atoms with van der Waals surface area (Å²) in [4.78, 5) is 4.18. The third kappa shape index (κ3) is 4.59. The molecule has 1 fully saturated rings. The van der Waals surface area contributed by atoms with Crippen LogP contribution >= 0.6 is 11.6 Å². The van der Waals surface area contributed by atoms with Gasteiger partial charge in [-0.3, -0.25) is 9.80 Å². The van der Waals surface area contributed by atoms with Gasteiger partial charge in [0.05, 0.1) is 11.7 Å². The Labute approximate surface area is 133 Å². The highest BCUT2D eigenvalue weighted by Gasteiger charge is 2.30. The summed E-state index contributed by atoms with van der Waals surface area (Å²) in [6, 6.07) is 5.28. The van der Waals surface area contributed by atoms with E-state index < -0.39 is 23.3 Å². The molecule has 2 unspecified atom stereocenters. The van der Waals surface area contributed by atoms with Crippen LogP contribution in [0.5, 0.6) is 0 Å². The zero-order chi connectivity index (χ0) is 16.3. The maximum atomic E-state index is 12.5. The maximum absolute atomic E-state index is 12.5. The molecule has 7 heteroatoms. The normalized spacial score (nSPS) is 20.8. The average molecular weight is 337 g/mol. The van der Waals surface area contributed by atoms with Crippen molar-refractivity contribution < 1.29 is 18.3 Å². The number of aliphatic hydroxyl groups is 1. The Balaban J connectivity index is 1.86. The van der Waals surface area contributed by atoms with Crippen LogP contribution in [0.2, 0.25) is 0 Å². The van der Waals surface area contributed by atoms with E-state index in [1.54, 1.807) is 6.92 Å². The van der Waals surface area contributed by atoms with Gasteiger partial charge in [0.1, 0.15) is 5.50 Å². The third-order valence-corrected chi connectivity index (χ3v) is 4.48. The summed E-state index contributed by atoms with van der Waals surface area (Å²) in [6.07, 6.45) is -4.89. The topological polar surface area (TPSA) is 26.7 Å². The lowest BCUT2D eigenvalue weighted by molar-refractivity contribution is -0.137. The van der Waals surface area contributed by atoms with Gasteiger partial charge in [-0.1, -0.05) is 12.1 Å². The van der Waals surface area contributed by atoms with Crippen LogP contribution in [0, 0.1) is 0 Å². The Bertz CT molecular complexity index is 471. The summed E-state index contributed by atoms with van der Waals surface area (Å²) in [5.74, 6) is 0. The summed E-state index contributed by atoms with van der Waals surface area (Å²) in [7, 11) is 0. The second-order valence-corrected chi connectivity index (χ2v) is 6.07. The number of benzene rings is 1. The molecule has 22 heavy (non-hydrogen) atoms. The second-order valence-electron chi connectivity index (χ2n) is 5.62. The van der Waals surface area contributed by atoms with E-state index in [0.717, 1.165) is 43.9 Å². The standard InChI is InChI=1S/C15H20ClF3N2O/c1-11(22)14(16)21-8-6-20(7-9-21)10-12-2-4-13(5-3-12)15(17,18)19/h2-5,11,14,22H,6-10H2,1H3. The molecule has 1 aliphatic rings. The molecule has 3 nitrogen and oxygen atoms in total. The molecule has 1 aromatic carbocycles. The predicted molar refractivity (Wildman–Crippen MR) is 79.6 cm³/mol. The van der Waals surface area contributed by atoms with Crippen molar-refractivity contribution in [3.05, 3.63) is 35.4 Å². The number of hydrogen-bond donors (Lipinski definition) is 1. The van der Waals surface area contributed by atoms with Crippen LogP contribution in [0.3, 0.4) is 0 Å². The quantitative estimate of drug-likeness (QED) is 0.676. The first kappa shape index (κ1) is 17.5. The van der Waals surface area contributed by atoms with Gasteiger partial charge < -0.3 is 5.11 Å². The molecule has 0 aliphatic carbocycles. The molecule has 1 N–H and O–H groups in total. The highest BCUT2D eigenvalue weighted by molar-refractivity contribution is 6.20. The largest absolute Gasteiger partial charge is 0.416 e. The Morgan fingerprint density at radius 1 is 1.14 bits per heavy atom. The van der Waals surface area contributed by atoms with Gasteiger partial charge in [-0.05, 0) is 24.6 Å². The first-order valence-corrected chi connectivity index (χ1v) is 7.65. The number of hydrogen-bond acceptors (Lipinski definition) is 3. The molecular formula is C15H20ClF3N2O. The lowest BCUT2D eigenvalue weighted by Crippen LogP contribution is -2.51. The van der Waals surface area contributed by atoms with Crippen LogP contribution in [-0.4, -0.2) is 52.7 Å². The molecular weight excluding hydrogens is 317 g/mol. The number of alkyl halides is 4. The molecule has 1 aromatic rings. The minimum absolute atomic E-state index is 0.395. The van der Waals surface area contributed by atoms with Crippen LogP contribution in [0.25, 0.3) is 0 Å². The van der Waals surface area contributed by atoms with Crippen molar-refractivity contribution in [3.8, 4) is 0 Å². The molecule has 0 spiro atoms. The van der Waals surface area contributed by atoms with Gasteiger partial charge in [0.25, 0.3) is 0 Å². The fourth-order valence-corrected chi connectivity index (χ4v) is 2.73. The van der Waals surface area contributed by atoms with E-state index in [9.17, 15) is 18.3 Å². The highest BCUT2D eigenvalue weighted by atomic mass is 35.5. The zero-order valence-corrected chi connectivity index (χ0v) is 13.1. The van der Waals surface area contributed by atoms with Crippen LogP contribution in [0.1, 0.15) is 18.1 Å². The van der Waals surface area contributed by atoms with Gasteiger partial charge >= 0.3 is 6.18 Å². The van der Waals surface area contributed by atoms with Crippen molar-refractivity contribution >= 4 is 11.6 Å². The first-order valence-electron chi connectivity index (χ1n) is 7.22. The number of rotatable bonds is 4. The highest BCUT2D eigenvalue weighted by Crippen LogP contribution is 2.29. The summed E-state index contributed by atoms with van der Waals surface area (Å²) >= 11 is 6.11. The summed E-state index contributed by atoms with van der Waals surface area (Å²) in [5, 5.41) is 9.49. The molecule has 1 aliphatic heterocycles. The Kier molecular flexibility index (Phi) is 5.71. The van der Waals surface area contributed by atoms with Crippen molar-refractivity contribution in [2.24, 2.45) is 0 Å². The maximum Gasteiger partial charge on any atom is 0.416 e. The molecule has 2 atom stereocenters. The predicted octanol–water partition coefficient (Wildman–Crippen LogP) is 2.77. The Morgan fingerprint density at radius 3 is 2.14 bits per heavy atom. The summed E-state index contributed by atoms with van der Waals surface area (Å²) < 4.78 is 37.5. The average Bonchev–Trinajstić information content (AvgIpc) is 2.47. The van der Waals surface area contributed by atoms with Crippen LogP contribution in [-0.2, 0) is 12.7 Å². The SMILES string of the molecule is CC(O)C(Cl)N1CCN(Cc2ccc(C(F)(F)F)cc2)CC1. The Morgan fingerprint density at radius 2 is 1.68 bits per heavy atom. The van der Waals surface area contributed by atoms with Crippen molar-refractivity contribution in [2.45, 2.75) is 31.2 Å². The van der Waals surface area contributed by atoms with E-state index >= 15 is 0 Å². The van der Waals surface area contributed by atoms with Crippen LogP contribution < -0.4 is 0 Å². The smallest absolute Gasteiger partial charge is 0.390 e. The van der Waals surface area contributed by atoms with Crippen molar-refractivity contribution in [1.82, 2.24) is 9.80 Å². The van der Waals surface area contributed by atoms with Crippen LogP contribution in [0.15, 0.2) is 24.3 Å². The molecule has 1 saturated heterocycles. The molecule has 0 saturated carbocycles. The number of halogens is 4. The van der Waals surface area contributed by atoms with Gasteiger partial charge in [0.2, 0.25) is 0 Å².